The molecule has 0 radical (unpaired) electrons. The number of para-hydroxylation sites is 1. The third kappa shape index (κ3) is 2.32. The Labute approximate surface area is 104 Å². The summed E-state index contributed by atoms with van der Waals surface area (Å²) in [7, 11) is 0. The maximum Gasteiger partial charge on any atom is 0.0553 e. The predicted octanol–water partition coefficient (Wildman–Crippen LogP) is 2.77. The van der Waals surface area contributed by atoms with Gasteiger partial charge < -0.3 is 10.0 Å². The Morgan fingerprint density at radius 3 is 2.65 bits per heavy atom. The third-order valence-electron chi connectivity index (χ3n) is 3.52. The average molecular weight is 233 g/mol. The first-order valence-electron chi connectivity index (χ1n) is 6.58. The minimum absolute atomic E-state index is 0.272. The molecule has 1 aromatic rings. The lowest BCUT2D eigenvalue weighted by atomic mass is 10.0. The number of anilines is 1. The van der Waals surface area contributed by atoms with Crippen LogP contribution in [0.15, 0.2) is 18.2 Å². The summed E-state index contributed by atoms with van der Waals surface area (Å²) in [5.41, 5.74) is 4.09. The predicted molar refractivity (Wildman–Crippen MR) is 72.6 cm³/mol. The van der Waals surface area contributed by atoms with Crippen LogP contribution in [0.1, 0.15) is 38.8 Å². The highest BCUT2D eigenvalue weighted by Crippen LogP contribution is 2.37. The van der Waals surface area contributed by atoms with E-state index in [0.29, 0.717) is 12.1 Å². The average Bonchev–Trinajstić information content (AvgIpc) is 2.54. The highest BCUT2D eigenvalue weighted by Gasteiger charge is 2.29. The summed E-state index contributed by atoms with van der Waals surface area (Å²) in [5.74, 6) is 0. The number of hydrogen-bond acceptors (Lipinski definition) is 2. The fourth-order valence-electron chi connectivity index (χ4n) is 3.03. The molecule has 2 atom stereocenters. The highest BCUT2D eigenvalue weighted by molar-refractivity contribution is 5.65. The van der Waals surface area contributed by atoms with Crippen molar-refractivity contribution in [3.05, 3.63) is 29.3 Å². The van der Waals surface area contributed by atoms with Gasteiger partial charge in [-0.2, -0.15) is 0 Å². The second-order valence-electron chi connectivity index (χ2n) is 5.53. The van der Waals surface area contributed by atoms with E-state index in [1.165, 1.54) is 16.8 Å². The van der Waals surface area contributed by atoms with Gasteiger partial charge in [0.1, 0.15) is 0 Å². The van der Waals surface area contributed by atoms with E-state index in [-0.39, 0.29) is 6.10 Å². The van der Waals surface area contributed by atoms with Crippen LogP contribution >= 0.6 is 0 Å². The van der Waals surface area contributed by atoms with Crippen molar-refractivity contribution in [1.29, 1.82) is 0 Å². The van der Waals surface area contributed by atoms with Crippen LogP contribution in [0.5, 0.6) is 0 Å². The number of rotatable bonds is 3. The zero-order valence-corrected chi connectivity index (χ0v) is 11.3. The van der Waals surface area contributed by atoms with E-state index in [0.717, 1.165) is 12.8 Å². The molecule has 2 heteroatoms. The lowest BCUT2D eigenvalue weighted by molar-refractivity contribution is 0.195. The summed E-state index contributed by atoms with van der Waals surface area (Å²) in [6.45, 7) is 8.62. The number of aliphatic hydroxyl groups is 1. The largest absolute Gasteiger partial charge is 0.393 e. The molecule has 1 N–H and O–H groups in total. The van der Waals surface area contributed by atoms with E-state index >= 15 is 0 Å². The first-order chi connectivity index (χ1) is 8.00. The quantitative estimate of drug-likeness (QED) is 0.867. The molecule has 1 heterocycles. The van der Waals surface area contributed by atoms with Crippen molar-refractivity contribution in [1.82, 2.24) is 0 Å². The highest BCUT2D eigenvalue weighted by atomic mass is 16.3. The number of fused-ring (bicyclic) bond motifs is 1. The Hall–Kier alpha value is -1.02. The van der Waals surface area contributed by atoms with Crippen LogP contribution in [0, 0.1) is 0 Å². The maximum absolute atomic E-state index is 9.61. The van der Waals surface area contributed by atoms with E-state index in [1.54, 1.807) is 0 Å². The summed E-state index contributed by atoms with van der Waals surface area (Å²) >= 11 is 0. The van der Waals surface area contributed by atoms with Crippen LogP contribution in [0.3, 0.4) is 0 Å². The van der Waals surface area contributed by atoms with Crippen molar-refractivity contribution in [2.45, 2.75) is 58.7 Å². The van der Waals surface area contributed by atoms with Gasteiger partial charge in [0.05, 0.1) is 6.10 Å². The molecule has 1 aromatic carbocycles. The van der Waals surface area contributed by atoms with Gasteiger partial charge in [-0.05, 0) is 45.2 Å². The number of hydrogen-bond donors (Lipinski definition) is 1. The molecule has 0 fully saturated rings. The van der Waals surface area contributed by atoms with Crippen LogP contribution in [-0.2, 0) is 12.8 Å². The van der Waals surface area contributed by atoms with Gasteiger partial charge in [0.2, 0.25) is 0 Å². The lowest BCUT2D eigenvalue weighted by Crippen LogP contribution is -2.36. The second kappa shape index (κ2) is 4.69. The van der Waals surface area contributed by atoms with Crippen molar-refractivity contribution < 1.29 is 5.11 Å². The Morgan fingerprint density at radius 1 is 1.35 bits per heavy atom. The van der Waals surface area contributed by atoms with Gasteiger partial charge in [0.25, 0.3) is 0 Å². The fourth-order valence-corrected chi connectivity index (χ4v) is 3.03. The minimum atomic E-state index is -0.272. The molecule has 2 unspecified atom stereocenters. The fraction of sp³-hybridized carbons (Fsp3) is 0.600. The molecule has 94 valence electrons. The summed E-state index contributed by atoms with van der Waals surface area (Å²) in [4.78, 5) is 2.49. The summed E-state index contributed by atoms with van der Waals surface area (Å²) < 4.78 is 0. The molecule has 0 aromatic heterocycles. The van der Waals surface area contributed by atoms with Crippen molar-refractivity contribution in [3.63, 3.8) is 0 Å². The van der Waals surface area contributed by atoms with E-state index in [4.69, 9.17) is 0 Å². The van der Waals surface area contributed by atoms with Crippen molar-refractivity contribution in [3.8, 4) is 0 Å². The SMILES string of the molecule is CC(O)Cc1cccc2c1N(C(C)C)C(C)C2. The first-order valence-corrected chi connectivity index (χ1v) is 6.58. The summed E-state index contributed by atoms with van der Waals surface area (Å²) in [6, 6.07) is 7.58. The number of nitrogens with zero attached hydrogens (tertiary/aromatic N) is 1. The topological polar surface area (TPSA) is 23.5 Å². The molecule has 0 saturated carbocycles. The molecule has 1 aliphatic heterocycles. The Kier molecular flexibility index (Phi) is 3.43. The van der Waals surface area contributed by atoms with Crippen molar-refractivity contribution >= 4 is 5.69 Å². The molecule has 2 rings (SSSR count). The van der Waals surface area contributed by atoms with Gasteiger partial charge in [0, 0.05) is 24.2 Å². The van der Waals surface area contributed by atoms with Crippen LogP contribution < -0.4 is 4.90 Å². The van der Waals surface area contributed by atoms with Crippen LogP contribution in [-0.4, -0.2) is 23.3 Å². The number of aliphatic hydroxyl groups excluding tert-OH is 1. The molecule has 0 amide bonds. The van der Waals surface area contributed by atoms with Crippen LogP contribution in [0.2, 0.25) is 0 Å². The summed E-state index contributed by atoms with van der Waals surface area (Å²) in [6.07, 6.45) is 1.60. The zero-order chi connectivity index (χ0) is 12.6. The van der Waals surface area contributed by atoms with E-state index < -0.39 is 0 Å². The smallest absolute Gasteiger partial charge is 0.0553 e. The van der Waals surface area contributed by atoms with Crippen LogP contribution in [0.4, 0.5) is 5.69 Å². The molecule has 0 saturated heterocycles. The van der Waals surface area contributed by atoms with Gasteiger partial charge in [-0.15, -0.1) is 0 Å². The van der Waals surface area contributed by atoms with Gasteiger partial charge in [0.15, 0.2) is 0 Å². The Morgan fingerprint density at radius 2 is 2.06 bits per heavy atom. The first kappa shape index (κ1) is 12.4. The van der Waals surface area contributed by atoms with Crippen molar-refractivity contribution in [2.75, 3.05) is 4.90 Å². The second-order valence-corrected chi connectivity index (χ2v) is 5.53. The van der Waals surface area contributed by atoms with E-state index in [9.17, 15) is 5.11 Å². The third-order valence-corrected chi connectivity index (χ3v) is 3.52. The molecule has 0 bridgehead atoms. The standard InChI is InChI=1S/C15H23NO/c1-10(2)16-11(3)8-13-6-5-7-14(15(13)16)9-12(4)17/h5-7,10-12,17H,8-9H2,1-4H3. The monoisotopic (exact) mass is 233 g/mol. The molecule has 1 aliphatic rings. The Bertz CT molecular complexity index is 398. The molecule has 0 aliphatic carbocycles. The zero-order valence-electron chi connectivity index (χ0n) is 11.3. The van der Waals surface area contributed by atoms with Crippen LogP contribution in [0.25, 0.3) is 0 Å². The van der Waals surface area contributed by atoms with E-state index in [2.05, 4.69) is 43.9 Å². The molecular weight excluding hydrogens is 210 g/mol. The van der Waals surface area contributed by atoms with Gasteiger partial charge in [-0.3, -0.25) is 0 Å². The van der Waals surface area contributed by atoms with Gasteiger partial charge in [-0.25, -0.2) is 0 Å². The molecule has 0 spiro atoms. The molecular formula is C15H23NO. The molecule has 17 heavy (non-hydrogen) atoms. The summed E-state index contributed by atoms with van der Waals surface area (Å²) in [5, 5.41) is 9.61. The van der Waals surface area contributed by atoms with Gasteiger partial charge >= 0.3 is 0 Å². The molecule has 2 nitrogen and oxygen atoms in total. The van der Waals surface area contributed by atoms with E-state index in [1.807, 2.05) is 6.92 Å². The van der Waals surface area contributed by atoms with Crippen molar-refractivity contribution in [2.24, 2.45) is 0 Å². The minimum Gasteiger partial charge on any atom is -0.393 e. The number of benzene rings is 1. The maximum atomic E-state index is 9.61. The normalized spacial score (nSPS) is 20.8. The lowest BCUT2D eigenvalue weighted by Gasteiger charge is -2.31. The Balaban J connectivity index is 2.42. The van der Waals surface area contributed by atoms with Gasteiger partial charge in [-0.1, -0.05) is 18.2 Å².